The Kier molecular flexibility index (Phi) is 4.49. The maximum atomic E-state index is 6.07. The smallest absolute Gasteiger partial charge is 0.101 e. The molecule has 0 aliphatic rings. The molecule has 1 aromatic carbocycles. The summed E-state index contributed by atoms with van der Waals surface area (Å²) in [5, 5.41) is 0. The van der Waals surface area contributed by atoms with Crippen molar-refractivity contribution in [3.05, 3.63) is 27.7 Å². The van der Waals surface area contributed by atoms with Crippen LogP contribution in [0.2, 0.25) is 6.32 Å². The average molecular weight is 255 g/mol. The highest BCUT2D eigenvalue weighted by molar-refractivity contribution is 9.10. The molecular formula is C10H16BBrN2. The van der Waals surface area contributed by atoms with Gasteiger partial charge in [-0.25, -0.2) is 0 Å². The van der Waals surface area contributed by atoms with E-state index in [2.05, 4.69) is 35.9 Å². The second-order valence-electron chi connectivity index (χ2n) is 3.39. The van der Waals surface area contributed by atoms with Crippen molar-refractivity contribution in [1.82, 2.24) is 0 Å². The molecule has 0 spiro atoms. The maximum absolute atomic E-state index is 6.07. The van der Waals surface area contributed by atoms with Crippen LogP contribution < -0.4 is 11.5 Å². The van der Waals surface area contributed by atoms with E-state index in [9.17, 15) is 0 Å². The molecule has 0 bridgehead atoms. The number of nitrogen functional groups attached to an aromatic ring is 1. The van der Waals surface area contributed by atoms with Gasteiger partial charge in [0.1, 0.15) is 7.85 Å². The summed E-state index contributed by atoms with van der Waals surface area (Å²) in [7, 11) is 2.16. The zero-order valence-corrected chi connectivity index (χ0v) is 10.1. The lowest BCUT2D eigenvalue weighted by Gasteiger charge is -2.11. The molecule has 0 saturated heterocycles. The highest BCUT2D eigenvalue weighted by Gasteiger charge is 2.07. The van der Waals surface area contributed by atoms with Crippen LogP contribution in [0.1, 0.15) is 11.1 Å². The molecule has 0 heterocycles. The molecule has 0 aliphatic heterocycles. The maximum Gasteiger partial charge on any atom is 0.101 e. The number of rotatable bonds is 4. The molecule has 0 radical (unpaired) electrons. The number of anilines is 1. The van der Waals surface area contributed by atoms with E-state index in [1.165, 1.54) is 5.56 Å². The van der Waals surface area contributed by atoms with Crippen molar-refractivity contribution in [1.29, 1.82) is 0 Å². The van der Waals surface area contributed by atoms with Crippen LogP contribution in [0.15, 0.2) is 16.6 Å². The van der Waals surface area contributed by atoms with Crippen LogP contribution in [0.5, 0.6) is 0 Å². The van der Waals surface area contributed by atoms with Crippen molar-refractivity contribution in [2.24, 2.45) is 5.73 Å². The third-order valence-corrected chi connectivity index (χ3v) is 3.05. The molecule has 0 aliphatic carbocycles. The minimum atomic E-state index is 0.637. The zero-order valence-electron chi connectivity index (χ0n) is 8.52. The number of hydrogen-bond acceptors (Lipinski definition) is 2. The van der Waals surface area contributed by atoms with Crippen LogP contribution in [-0.4, -0.2) is 14.4 Å². The van der Waals surface area contributed by atoms with Gasteiger partial charge in [-0.1, -0.05) is 28.3 Å². The zero-order chi connectivity index (χ0) is 10.6. The summed E-state index contributed by atoms with van der Waals surface area (Å²) in [6, 6.07) is 4.15. The van der Waals surface area contributed by atoms with Gasteiger partial charge < -0.3 is 11.5 Å². The molecule has 76 valence electrons. The first-order valence-electron chi connectivity index (χ1n) is 4.96. The lowest BCUT2D eigenvalue weighted by atomic mass is 9.94. The van der Waals surface area contributed by atoms with E-state index in [1.54, 1.807) is 0 Å². The molecule has 0 atom stereocenters. The summed E-state index contributed by atoms with van der Waals surface area (Å²) in [4.78, 5) is 0. The van der Waals surface area contributed by atoms with E-state index < -0.39 is 0 Å². The van der Waals surface area contributed by atoms with Crippen molar-refractivity contribution in [3.8, 4) is 0 Å². The fourth-order valence-electron chi connectivity index (χ4n) is 1.57. The standard InChI is InChI=1S/C10H16BBrN2/c11-5-3-7-1-2-9(12)8(4-6-13)10(7)14/h1-2H,3-6,11,13-14H2. The molecule has 0 saturated carbocycles. The fourth-order valence-corrected chi connectivity index (χ4v) is 2.12. The van der Waals surface area contributed by atoms with Crippen molar-refractivity contribution < 1.29 is 0 Å². The van der Waals surface area contributed by atoms with E-state index in [0.717, 1.165) is 34.9 Å². The molecule has 0 unspecified atom stereocenters. The average Bonchev–Trinajstić information content (AvgIpc) is 2.17. The Hall–Kier alpha value is -0.475. The first-order valence-corrected chi connectivity index (χ1v) is 5.75. The summed E-state index contributed by atoms with van der Waals surface area (Å²) >= 11 is 3.50. The van der Waals surface area contributed by atoms with Gasteiger partial charge in [-0.05, 0) is 36.6 Å². The summed E-state index contributed by atoms with van der Waals surface area (Å²) in [6.07, 6.45) is 2.99. The summed E-state index contributed by atoms with van der Waals surface area (Å²) in [6.45, 7) is 0.637. The molecule has 0 fully saturated rings. The topological polar surface area (TPSA) is 52.0 Å². The van der Waals surface area contributed by atoms with Gasteiger partial charge in [-0.2, -0.15) is 0 Å². The van der Waals surface area contributed by atoms with Gasteiger partial charge in [0.25, 0.3) is 0 Å². The number of halogens is 1. The number of nitrogens with two attached hydrogens (primary N) is 2. The van der Waals surface area contributed by atoms with E-state index in [1.807, 2.05) is 0 Å². The second kappa shape index (κ2) is 5.42. The van der Waals surface area contributed by atoms with Gasteiger partial charge in [-0.15, -0.1) is 0 Å². The Morgan fingerprint density at radius 2 is 2.00 bits per heavy atom. The fraction of sp³-hybridized carbons (Fsp3) is 0.400. The van der Waals surface area contributed by atoms with Gasteiger partial charge in [-0.3, -0.25) is 0 Å². The molecule has 4 heteroatoms. The summed E-state index contributed by atoms with van der Waals surface area (Å²) in [5.74, 6) is 0. The van der Waals surface area contributed by atoms with Gasteiger partial charge >= 0.3 is 0 Å². The van der Waals surface area contributed by atoms with Crippen LogP contribution in [0.3, 0.4) is 0 Å². The second-order valence-corrected chi connectivity index (χ2v) is 4.24. The Morgan fingerprint density at radius 3 is 2.57 bits per heavy atom. The molecule has 4 N–H and O–H groups in total. The number of aryl methyl sites for hydroxylation is 1. The lowest BCUT2D eigenvalue weighted by Crippen LogP contribution is -2.08. The number of hydrogen-bond donors (Lipinski definition) is 2. The predicted molar refractivity (Wildman–Crippen MR) is 68.4 cm³/mol. The first kappa shape index (κ1) is 11.6. The summed E-state index contributed by atoms with van der Waals surface area (Å²) in [5.41, 5.74) is 14.9. The van der Waals surface area contributed by atoms with E-state index in [4.69, 9.17) is 11.5 Å². The van der Waals surface area contributed by atoms with Crippen molar-refractivity contribution in [3.63, 3.8) is 0 Å². The molecule has 14 heavy (non-hydrogen) atoms. The lowest BCUT2D eigenvalue weighted by molar-refractivity contribution is 0.960. The van der Waals surface area contributed by atoms with E-state index in [-0.39, 0.29) is 0 Å². The third kappa shape index (κ3) is 2.52. The van der Waals surface area contributed by atoms with Gasteiger partial charge in [0.2, 0.25) is 0 Å². The van der Waals surface area contributed by atoms with Gasteiger partial charge in [0, 0.05) is 10.2 Å². The third-order valence-electron chi connectivity index (χ3n) is 2.30. The monoisotopic (exact) mass is 254 g/mol. The highest BCUT2D eigenvalue weighted by atomic mass is 79.9. The first-order chi connectivity index (χ1) is 6.70. The molecule has 2 nitrogen and oxygen atoms in total. The van der Waals surface area contributed by atoms with Crippen LogP contribution >= 0.6 is 15.9 Å². The van der Waals surface area contributed by atoms with E-state index in [0.29, 0.717) is 6.54 Å². The van der Waals surface area contributed by atoms with Gasteiger partial charge in [0.15, 0.2) is 0 Å². The van der Waals surface area contributed by atoms with Crippen LogP contribution in [0.4, 0.5) is 5.69 Å². The molecular weight excluding hydrogens is 239 g/mol. The highest BCUT2D eigenvalue weighted by Crippen LogP contribution is 2.27. The molecule has 0 amide bonds. The van der Waals surface area contributed by atoms with Crippen molar-refractivity contribution >= 4 is 29.5 Å². The van der Waals surface area contributed by atoms with Crippen LogP contribution in [0.25, 0.3) is 0 Å². The number of benzene rings is 1. The molecule has 0 aromatic heterocycles. The summed E-state index contributed by atoms with van der Waals surface area (Å²) < 4.78 is 1.07. The quantitative estimate of drug-likeness (QED) is 0.625. The Morgan fingerprint density at radius 1 is 1.29 bits per heavy atom. The minimum Gasteiger partial charge on any atom is -0.398 e. The molecule has 1 aromatic rings. The van der Waals surface area contributed by atoms with Crippen LogP contribution in [0, 0.1) is 0 Å². The Bertz CT molecular complexity index is 315. The van der Waals surface area contributed by atoms with Crippen molar-refractivity contribution in [2.75, 3.05) is 12.3 Å². The van der Waals surface area contributed by atoms with Crippen LogP contribution in [-0.2, 0) is 12.8 Å². The normalized spacial score (nSPS) is 10.4. The Labute approximate surface area is 94.6 Å². The van der Waals surface area contributed by atoms with Gasteiger partial charge in [0.05, 0.1) is 0 Å². The SMILES string of the molecule is BCCc1ccc(Br)c(CCN)c1N. The predicted octanol–water partition coefficient (Wildman–Crippen LogP) is 1.13. The van der Waals surface area contributed by atoms with E-state index >= 15 is 0 Å². The van der Waals surface area contributed by atoms with Crippen molar-refractivity contribution in [2.45, 2.75) is 19.2 Å². The Balaban J connectivity index is 3.05. The minimum absolute atomic E-state index is 0.637. The molecule has 1 rings (SSSR count). The largest absolute Gasteiger partial charge is 0.398 e.